The van der Waals surface area contributed by atoms with E-state index in [1.807, 2.05) is 20.8 Å². The first kappa shape index (κ1) is 19.0. The van der Waals surface area contributed by atoms with Gasteiger partial charge in [-0.25, -0.2) is 9.59 Å². The second-order valence-corrected chi connectivity index (χ2v) is 7.38. The molecule has 0 unspecified atom stereocenters. The maximum absolute atomic E-state index is 12.1. The van der Waals surface area contributed by atoms with Crippen LogP contribution in [-0.4, -0.2) is 67.2 Å². The lowest BCUT2D eigenvalue weighted by Crippen LogP contribution is -2.37. The summed E-state index contributed by atoms with van der Waals surface area (Å²) in [5, 5.41) is 0. The third-order valence-electron chi connectivity index (χ3n) is 3.97. The molecule has 0 aromatic carbocycles. The summed E-state index contributed by atoms with van der Waals surface area (Å²) >= 11 is 0. The number of amides is 1. The Hall–Kier alpha value is -1.34. The van der Waals surface area contributed by atoms with Crippen molar-refractivity contribution in [2.75, 3.05) is 26.3 Å². The summed E-state index contributed by atoms with van der Waals surface area (Å²) in [6, 6.07) is 0. The highest BCUT2D eigenvalue weighted by Gasteiger charge is 2.33. The van der Waals surface area contributed by atoms with Gasteiger partial charge in [0.25, 0.3) is 0 Å². The minimum absolute atomic E-state index is 0.0781. The van der Waals surface area contributed by atoms with Crippen molar-refractivity contribution >= 4 is 12.1 Å². The Balaban J connectivity index is 1.69. The monoisotopic (exact) mass is 343 g/mol. The molecule has 3 atom stereocenters. The molecule has 0 spiro atoms. The van der Waals surface area contributed by atoms with Gasteiger partial charge in [-0.2, -0.15) is 0 Å². The number of carbonyl (C=O) groups excluding carboxylic acids is 2. The fourth-order valence-electron chi connectivity index (χ4n) is 2.67. The Bertz CT molecular complexity index is 441. The molecule has 0 saturated carbocycles. The molecule has 138 valence electrons. The highest BCUT2D eigenvalue weighted by molar-refractivity contribution is 5.74. The van der Waals surface area contributed by atoms with Gasteiger partial charge in [0, 0.05) is 19.6 Å². The van der Waals surface area contributed by atoms with E-state index in [1.54, 1.807) is 11.8 Å². The van der Waals surface area contributed by atoms with E-state index in [0.717, 1.165) is 19.4 Å². The molecular formula is C17H29NO6. The number of esters is 1. The standard InChI is InChI=1S/C17H29NO6/c1-12(22-11-14-6-5-9-21-14)15(19)23-13-7-8-18(10-13)16(20)24-17(2,3)4/h12-14H,5-11H2,1-4H3/t12-,13+,14-/m1/s1. The Morgan fingerprint density at radius 1 is 1.29 bits per heavy atom. The van der Waals surface area contributed by atoms with Crippen LogP contribution in [0.2, 0.25) is 0 Å². The molecule has 2 aliphatic heterocycles. The van der Waals surface area contributed by atoms with E-state index in [2.05, 4.69) is 0 Å². The fraction of sp³-hybridized carbons (Fsp3) is 0.882. The molecule has 0 N–H and O–H groups in total. The number of likely N-dealkylation sites (tertiary alicyclic amines) is 1. The van der Waals surface area contributed by atoms with Gasteiger partial charge in [-0.1, -0.05) is 0 Å². The van der Waals surface area contributed by atoms with E-state index >= 15 is 0 Å². The second-order valence-electron chi connectivity index (χ2n) is 7.38. The quantitative estimate of drug-likeness (QED) is 0.712. The van der Waals surface area contributed by atoms with E-state index < -0.39 is 17.7 Å². The zero-order valence-corrected chi connectivity index (χ0v) is 15.1. The Morgan fingerprint density at radius 2 is 2.04 bits per heavy atom. The van der Waals surface area contributed by atoms with Gasteiger partial charge in [0.1, 0.15) is 11.7 Å². The zero-order valence-electron chi connectivity index (χ0n) is 15.1. The van der Waals surface area contributed by atoms with Crippen LogP contribution >= 0.6 is 0 Å². The Morgan fingerprint density at radius 3 is 2.67 bits per heavy atom. The summed E-state index contributed by atoms with van der Waals surface area (Å²) < 4.78 is 21.8. The van der Waals surface area contributed by atoms with E-state index in [0.29, 0.717) is 26.1 Å². The molecule has 24 heavy (non-hydrogen) atoms. The maximum atomic E-state index is 12.1. The number of rotatable bonds is 5. The van der Waals surface area contributed by atoms with Gasteiger partial charge < -0.3 is 23.8 Å². The van der Waals surface area contributed by atoms with Crippen LogP contribution in [0.5, 0.6) is 0 Å². The highest BCUT2D eigenvalue weighted by atomic mass is 16.6. The third-order valence-corrected chi connectivity index (χ3v) is 3.97. The van der Waals surface area contributed by atoms with Gasteiger partial charge in [-0.3, -0.25) is 0 Å². The summed E-state index contributed by atoms with van der Waals surface area (Å²) in [5.41, 5.74) is -0.531. The minimum Gasteiger partial charge on any atom is -0.458 e. The van der Waals surface area contributed by atoms with Gasteiger partial charge in [-0.15, -0.1) is 0 Å². The molecule has 2 saturated heterocycles. The molecule has 7 nitrogen and oxygen atoms in total. The van der Waals surface area contributed by atoms with Crippen LogP contribution in [0.3, 0.4) is 0 Å². The number of hydrogen-bond acceptors (Lipinski definition) is 6. The zero-order chi connectivity index (χ0) is 17.7. The first-order chi connectivity index (χ1) is 11.2. The van der Waals surface area contributed by atoms with Gasteiger partial charge in [-0.05, 0) is 40.5 Å². The third kappa shape index (κ3) is 5.94. The molecule has 2 rings (SSSR count). The van der Waals surface area contributed by atoms with Gasteiger partial charge >= 0.3 is 12.1 Å². The smallest absolute Gasteiger partial charge is 0.410 e. The highest BCUT2D eigenvalue weighted by Crippen LogP contribution is 2.18. The largest absolute Gasteiger partial charge is 0.458 e. The molecule has 0 aromatic rings. The predicted molar refractivity (Wildman–Crippen MR) is 86.7 cm³/mol. The fourth-order valence-corrected chi connectivity index (χ4v) is 2.67. The van der Waals surface area contributed by atoms with Crippen LogP contribution in [0, 0.1) is 0 Å². The maximum Gasteiger partial charge on any atom is 0.410 e. The SMILES string of the molecule is C[C@@H](OC[C@H]1CCCO1)C(=O)O[C@H]1CCN(C(=O)OC(C)(C)C)C1. The molecule has 2 aliphatic rings. The number of ether oxygens (including phenoxy) is 4. The molecule has 0 aromatic heterocycles. The molecule has 7 heteroatoms. The molecular weight excluding hydrogens is 314 g/mol. The number of hydrogen-bond donors (Lipinski definition) is 0. The van der Waals surface area contributed by atoms with Crippen molar-refractivity contribution in [2.45, 2.75) is 70.9 Å². The second kappa shape index (κ2) is 8.16. The summed E-state index contributed by atoms with van der Waals surface area (Å²) in [7, 11) is 0. The minimum atomic E-state index is -0.634. The summed E-state index contributed by atoms with van der Waals surface area (Å²) in [6.07, 6.45) is 1.38. The predicted octanol–water partition coefficient (Wildman–Crippen LogP) is 2.12. The van der Waals surface area contributed by atoms with Crippen LogP contribution in [0.4, 0.5) is 4.79 Å². The van der Waals surface area contributed by atoms with Crippen LogP contribution in [0.1, 0.15) is 47.0 Å². The van der Waals surface area contributed by atoms with Crippen LogP contribution < -0.4 is 0 Å². The Kier molecular flexibility index (Phi) is 6.46. The van der Waals surface area contributed by atoms with Crippen molar-refractivity contribution < 1.29 is 28.5 Å². The van der Waals surface area contributed by atoms with Gasteiger partial charge in [0.2, 0.25) is 0 Å². The van der Waals surface area contributed by atoms with E-state index in [1.165, 1.54) is 0 Å². The molecule has 0 aliphatic carbocycles. The molecule has 0 radical (unpaired) electrons. The van der Waals surface area contributed by atoms with E-state index in [-0.39, 0.29) is 18.3 Å². The lowest BCUT2D eigenvalue weighted by Gasteiger charge is -2.24. The van der Waals surface area contributed by atoms with Crippen LogP contribution in [0.25, 0.3) is 0 Å². The van der Waals surface area contributed by atoms with Gasteiger partial charge in [0.05, 0.1) is 19.3 Å². The van der Waals surface area contributed by atoms with Crippen molar-refractivity contribution in [1.29, 1.82) is 0 Å². The summed E-state index contributed by atoms with van der Waals surface area (Å²) in [4.78, 5) is 25.7. The topological polar surface area (TPSA) is 74.3 Å². The van der Waals surface area contributed by atoms with Crippen molar-refractivity contribution in [3.63, 3.8) is 0 Å². The van der Waals surface area contributed by atoms with E-state index in [9.17, 15) is 9.59 Å². The lowest BCUT2D eigenvalue weighted by atomic mass is 10.2. The van der Waals surface area contributed by atoms with Crippen LogP contribution in [-0.2, 0) is 23.7 Å². The average molecular weight is 343 g/mol. The van der Waals surface area contributed by atoms with Crippen molar-refractivity contribution in [3.05, 3.63) is 0 Å². The normalized spacial score (nSPS) is 25.6. The van der Waals surface area contributed by atoms with Crippen molar-refractivity contribution in [2.24, 2.45) is 0 Å². The van der Waals surface area contributed by atoms with Crippen LogP contribution in [0.15, 0.2) is 0 Å². The van der Waals surface area contributed by atoms with Crippen molar-refractivity contribution in [1.82, 2.24) is 4.90 Å². The molecule has 2 fully saturated rings. The first-order valence-corrected chi connectivity index (χ1v) is 8.66. The molecule has 0 bridgehead atoms. The summed E-state index contributed by atoms with van der Waals surface area (Å²) in [6.45, 7) is 9.21. The number of carbonyl (C=O) groups is 2. The molecule has 2 heterocycles. The van der Waals surface area contributed by atoms with Gasteiger partial charge in [0.15, 0.2) is 6.10 Å². The average Bonchev–Trinajstić information content (AvgIpc) is 3.14. The van der Waals surface area contributed by atoms with E-state index in [4.69, 9.17) is 18.9 Å². The molecule has 1 amide bonds. The lowest BCUT2D eigenvalue weighted by molar-refractivity contribution is -0.162. The van der Waals surface area contributed by atoms with Crippen molar-refractivity contribution in [3.8, 4) is 0 Å². The number of nitrogens with zero attached hydrogens (tertiary/aromatic N) is 1. The Labute approximate surface area is 143 Å². The summed E-state index contributed by atoms with van der Waals surface area (Å²) in [5.74, 6) is -0.399. The first-order valence-electron chi connectivity index (χ1n) is 8.66.